The molecule has 0 amide bonds. The fraction of sp³-hybridized carbons (Fsp3) is 0.500. The molecule has 0 spiro atoms. The van der Waals surface area contributed by atoms with Crippen molar-refractivity contribution < 1.29 is 0 Å². The zero-order valence-corrected chi connectivity index (χ0v) is 13.7. The van der Waals surface area contributed by atoms with Crippen LogP contribution in [0, 0.1) is 0 Å². The summed E-state index contributed by atoms with van der Waals surface area (Å²) in [5, 5.41) is 8.76. The summed E-state index contributed by atoms with van der Waals surface area (Å²) in [6, 6.07) is 5.99. The molecule has 1 N–H and O–H groups in total. The maximum absolute atomic E-state index is 6.44. The number of hydrogen-bond acceptors (Lipinski definition) is 3. The third-order valence-electron chi connectivity index (χ3n) is 3.37. The summed E-state index contributed by atoms with van der Waals surface area (Å²) in [6.07, 6.45) is 2.77. The maximum atomic E-state index is 6.44. The first-order valence-corrected chi connectivity index (χ1v) is 8.02. The summed E-state index contributed by atoms with van der Waals surface area (Å²) in [5.74, 6) is 1.82. The van der Waals surface area contributed by atoms with Crippen molar-refractivity contribution in [1.29, 1.82) is 0 Å². The van der Waals surface area contributed by atoms with Gasteiger partial charge in [0.1, 0.15) is 5.82 Å². The monoisotopic (exact) mass is 306 g/mol. The molecule has 1 aromatic carbocycles. The summed E-state index contributed by atoms with van der Waals surface area (Å²) < 4.78 is 1.91. The van der Waals surface area contributed by atoms with E-state index in [1.807, 2.05) is 16.8 Å². The van der Waals surface area contributed by atoms with Crippen LogP contribution in [0.3, 0.4) is 0 Å². The van der Waals surface area contributed by atoms with Gasteiger partial charge in [-0.2, -0.15) is 5.10 Å². The molecule has 1 aromatic heterocycles. The number of aromatic nitrogens is 3. The topological polar surface area (TPSA) is 42.7 Å². The van der Waals surface area contributed by atoms with Crippen LogP contribution in [-0.2, 0) is 19.4 Å². The molecule has 0 saturated heterocycles. The number of benzene rings is 1. The molecule has 0 radical (unpaired) electrons. The Hall–Kier alpha value is -1.39. The predicted molar refractivity (Wildman–Crippen MR) is 87.1 cm³/mol. The zero-order chi connectivity index (χ0) is 15.2. The van der Waals surface area contributed by atoms with Gasteiger partial charge < -0.3 is 5.32 Å². The number of nitrogens with zero attached hydrogens (tertiary/aromatic N) is 3. The van der Waals surface area contributed by atoms with Crippen LogP contribution < -0.4 is 5.32 Å². The molecule has 2 rings (SSSR count). The lowest BCUT2D eigenvalue weighted by Gasteiger charge is -2.13. The van der Waals surface area contributed by atoms with Gasteiger partial charge in [-0.3, -0.25) is 0 Å². The normalized spacial score (nSPS) is 11.0. The molecule has 0 fully saturated rings. The second-order valence-electron chi connectivity index (χ2n) is 4.99. The molecule has 0 aliphatic carbocycles. The molecule has 0 unspecified atom stereocenters. The van der Waals surface area contributed by atoms with Crippen molar-refractivity contribution in [2.75, 3.05) is 6.54 Å². The van der Waals surface area contributed by atoms with E-state index in [-0.39, 0.29) is 0 Å². The Morgan fingerprint density at radius 2 is 2.00 bits per heavy atom. The van der Waals surface area contributed by atoms with Gasteiger partial charge in [0.25, 0.3) is 0 Å². The number of hydrogen-bond donors (Lipinski definition) is 1. The summed E-state index contributed by atoms with van der Waals surface area (Å²) >= 11 is 6.44. The summed E-state index contributed by atoms with van der Waals surface area (Å²) in [5.41, 5.74) is 2.10. The van der Waals surface area contributed by atoms with Crippen LogP contribution in [0.2, 0.25) is 5.02 Å². The molecular formula is C16H23ClN4. The fourth-order valence-corrected chi connectivity index (χ4v) is 2.56. The second kappa shape index (κ2) is 7.57. The van der Waals surface area contributed by atoms with Crippen molar-refractivity contribution in [2.24, 2.45) is 0 Å². The Kier molecular flexibility index (Phi) is 5.76. The first-order chi connectivity index (χ1) is 10.2. The van der Waals surface area contributed by atoms with Crippen molar-refractivity contribution in [3.63, 3.8) is 0 Å². The standard InChI is InChI=1S/C16H23ClN4/c1-4-10-18-11-12-8-7-9-13(17)16(12)21-15(6-3)19-14(5-2)20-21/h7-9,18H,4-6,10-11H2,1-3H3. The van der Waals surface area contributed by atoms with Gasteiger partial charge in [-0.15, -0.1) is 0 Å². The second-order valence-corrected chi connectivity index (χ2v) is 5.39. The molecular weight excluding hydrogens is 284 g/mol. The predicted octanol–water partition coefficient (Wildman–Crippen LogP) is 3.55. The van der Waals surface area contributed by atoms with Crippen LogP contribution in [0.15, 0.2) is 18.2 Å². The van der Waals surface area contributed by atoms with Gasteiger partial charge in [0.05, 0.1) is 10.7 Å². The SMILES string of the molecule is CCCNCc1cccc(Cl)c1-n1nc(CC)nc1CC. The van der Waals surface area contributed by atoms with Crippen LogP contribution >= 0.6 is 11.6 Å². The largest absolute Gasteiger partial charge is 0.313 e. The number of halogens is 1. The van der Waals surface area contributed by atoms with Crippen LogP contribution in [0.1, 0.15) is 44.4 Å². The van der Waals surface area contributed by atoms with Gasteiger partial charge in [0, 0.05) is 19.4 Å². The quantitative estimate of drug-likeness (QED) is 0.796. The van der Waals surface area contributed by atoms with Gasteiger partial charge in [0.2, 0.25) is 0 Å². The van der Waals surface area contributed by atoms with E-state index in [0.717, 1.165) is 55.3 Å². The molecule has 0 saturated carbocycles. The van der Waals surface area contributed by atoms with Crippen molar-refractivity contribution >= 4 is 11.6 Å². The lowest BCUT2D eigenvalue weighted by atomic mass is 10.1. The van der Waals surface area contributed by atoms with Crippen LogP contribution in [0.4, 0.5) is 0 Å². The van der Waals surface area contributed by atoms with Crippen LogP contribution in [0.5, 0.6) is 0 Å². The van der Waals surface area contributed by atoms with Gasteiger partial charge in [-0.25, -0.2) is 9.67 Å². The minimum absolute atomic E-state index is 0.716. The van der Waals surface area contributed by atoms with Crippen LogP contribution in [0.25, 0.3) is 5.69 Å². The lowest BCUT2D eigenvalue weighted by Crippen LogP contribution is -2.16. The molecule has 0 aliphatic rings. The van der Waals surface area contributed by atoms with E-state index < -0.39 is 0 Å². The minimum atomic E-state index is 0.716. The Balaban J connectivity index is 2.44. The van der Waals surface area contributed by atoms with Gasteiger partial charge >= 0.3 is 0 Å². The van der Waals surface area contributed by atoms with Crippen molar-refractivity contribution in [1.82, 2.24) is 20.1 Å². The van der Waals surface area contributed by atoms with E-state index in [1.54, 1.807) is 0 Å². The van der Waals surface area contributed by atoms with Gasteiger partial charge in [0.15, 0.2) is 5.82 Å². The molecule has 4 nitrogen and oxygen atoms in total. The summed E-state index contributed by atoms with van der Waals surface area (Å²) in [4.78, 5) is 4.58. The smallest absolute Gasteiger partial charge is 0.151 e. The third kappa shape index (κ3) is 3.63. The molecule has 0 bridgehead atoms. The highest BCUT2D eigenvalue weighted by molar-refractivity contribution is 6.32. The number of para-hydroxylation sites is 1. The van der Waals surface area contributed by atoms with Crippen molar-refractivity contribution in [3.8, 4) is 5.69 Å². The minimum Gasteiger partial charge on any atom is -0.313 e. The number of rotatable bonds is 7. The average molecular weight is 307 g/mol. The fourth-order valence-electron chi connectivity index (χ4n) is 2.29. The Morgan fingerprint density at radius 1 is 1.19 bits per heavy atom. The highest BCUT2D eigenvalue weighted by atomic mass is 35.5. The lowest BCUT2D eigenvalue weighted by molar-refractivity contribution is 0.667. The van der Waals surface area contributed by atoms with E-state index >= 15 is 0 Å². The molecule has 0 atom stereocenters. The Bertz CT molecular complexity index is 592. The van der Waals surface area contributed by atoms with E-state index in [4.69, 9.17) is 11.6 Å². The van der Waals surface area contributed by atoms with Gasteiger partial charge in [-0.1, -0.05) is 44.5 Å². The molecule has 5 heteroatoms. The van der Waals surface area contributed by atoms with E-state index in [0.29, 0.717) is 5.02 Å². The van der Waals surface area contributed by atoms with Gasteiger partial charge in [-0.05, 0) is 24.6 Å². The van der Waals surface area contributed by atoms with E-state index in [9.17, 15) is 0 Å². The van der Waals surface area contributed by atoms with Crippen molar-refractivity contribution in [2.45, 2.75) is 46.6 Å². The molecule has 2 aromatic rings. The maximum Gasteiger partial charge on any atom is 0.151 e. The van der Waals surface area contributed by atoms with E-state index in [1.165, 1.54) is 0 Å². The number of nitrogens with one attached hydrogen (secondary N) is 1. The molecule has 114 valence electrons. The third-order valence-corrected chi connectivity index (χ3v) is 3.68. The number of aryl methyl sites for hydroxylation is 2. The molecule has 0 aliphatic heterocycles. The molecule has 1 heterocycles. The first kappa shape index (κ1) is 16.0. The average Bonchev–Trinajstić information content (AvgIpc) is 2.90. The molecule has 21 heavy (non-hydrogen) atoms. The van der Waals surface area contributed by atoms with Crippen molar-refractivity contribution in [3.05, 3.63) is 40.4 Å². The summed E-state index contributed by atoms with van der Waals surface area (Å²) in [6.45, 7) is 8.09. The zero-order valence-electron chi connectivity index (χ0n) is 13.0. The Morgan fingerprint density at radius 3 is 2.67 bits per heavy atom. The van der Waals surface area contributed by atoms with Crippen LogP contribution in [-0.4, -0.2) is 21.3 Å². The Labute approximate surface area is 131 Å². The van der Waals surface area contributed by atoms with E-state index in [2.05, 4.69) is 42.2 Å². The highest BCUT2D eigenvalue weighted by Gasteiger charge is 2.15. The first-order valence-electron chi connectivity index (χ1n) is 7.64. The summed E-state index contributed by atoms with van der Waals surface area (Å²) in [7, 11) is 0. The highest BCUT2D eigenvalue weighted by Crippen LogP contribution is 2.25.